The number of alkyl halides is 3. The first-order chi connectivity index (χ1) is 18.4. The monoisotopic (exact) mass is 562 g/mol. The van der Waals surface area contributed by atoms with Crippen LogP contribution in [-0.2, 0) is 27.4 Å². The highest BCUT2D eigenvalue weighted by Gasteiger charge is 2.45. The minimum atomic E-state index is -4.50. The number of carbonyl (C=O) groups is 1. The number of pyridine rings is 1. The third-order valence-electron chi connectivity index (χ3n) is 6.64. The quantitative estimate of drug-likeness (QED) is 0.319. The Morgan fingerprint density at radius 2 is 1.90 bits per heavy atom. The molecule has 0 unspecified atom stereocenters. The second kappa shape index (κ2) is 10.2. The molecule has 1 saturated heterocycles. The molecule has 2 aromatic carbocycles. The molecule has 0 amide bonds. The van der Waals surface area contributed by atoms with Crippen molar-refractivity contribution < 1.29 is 40.3 Å². The van der Waals surface area contributed by atoms with Crippen LogP contribution in [0.1, 0.15) is 24.0 Å². The van der Waals surface area contributed by atoms with Gasteiger partial charge < -0.3 is 9.52 Å². The average molecular weight is 563 g/mol. The van der Waals surface area contributed by atoms with E-state index in [1.165, 1.54) is 18.2 Å². The van der Waals surface area contributed by atoms with Crippen LogP contribution < -0.4 is 0 Å². The van der Waals surface area contributed by atoms with Crippen molar-refractivity contribution in [2.24, 2.45) is 0 Å². The number of aryl methyl sites for hydroxylation is 1. The van der Waals surface area contributed by atoms with Crippen LogP contribution in [0, 0.1) is 5.82 Å². The summed E-state index contributed by atoms with van der Waals surface area (Å²) in [6, 6.07) is 12.4. The first-order valence-corrected chi connectivity index (χ1v) is 13.4. The summed E-state index contributed by atoms with van der Waals surface area (Å²) >= 11 is 0. The van der Waals surface area contributed by atoms with Crippen molar-refractivity contribution in [1.82, 2.24) is 9.29 Å². The van der Waals surface area contributed by atoms with Crippen LogP contribution in [0.25, 0.3) is 22.2 Å². The first kappa shape index (κ1) is 27.0. The minimum Gasteiger partial charge on any atom is -0.443 e. The summed E-state index contributed by atoms with van der Waals surface area (Å²) in [6.07, 6.45) is -4.79. The number of halogens is 4. The van der Waals surface area contributed by atoms with Gasteiger partial charge in [-0.2, -0.15) is 17.5 Å². The number of fused-ring (bicyclic) bond motifs is 1. The number of furan rings is 1. The van der Waals surface area contributed by atoms with E-state index < -0.39 is 50.6 Å². The zero-order valence-corrected chi connectivity index (χ0v) is 21.0. The van der Waals surface area contributed by atoms with Crippen molar-refractivity contribution in [3.05, 3.63) is 83.8 Å². The molecule has 0 saturated carbocycles. The summed E-state index contributed by atoms with van der Waals surface area (Å²) < 4.78 is 85.0. The summed E-state index contributed by atoms with van der Waals surface area (Å²) in [5.41, 5.74) is 0.867. The largest absolute Gasteiger partial charge is 0.443 e. The Balaban J connectivity index is 1.31. The fourth-order valence-electron chi connectivity index (χ4n) is 4.66. The van der Waals surface area contributed by atoms with E-state index in [0.717, 1.165) is 28.7 Å². The van der Waals surface area contributed by atoms with Crippen LogP contribution >= 0.6 is 0 Å². The Morgan fingerprint density at radius 3 is 2.62 bits per heavy atom. The maximum absolute atomic E-state index is 13.5. The van der Waals surface area contributed by atoms with Gasteiger partial charge in [0.15, 0.2) is 5.78 Å². The molecule has 2 atom stereocenters. The van der Waals surface area contributed by atoms with E-state index in [1.54, 1.807) is 24.3 Å². The van der Waals surface area contributed by atoms with Gasteiger partial charge in [0.25, 0.3) is 10.0 Å². The number of ketones is 1. The average Bonchev–Trinajstić information content (AvgIpc) is 3.51. The molecule has 1 aliphatic heterocycles. The van der Waals surface area contributed by atoms with E-state index in [-0.39, 0.29) is 36.8 Å². The predicted octanol–water partition coefficient (Wildman–Crippen LogP) is 4.98. The fraction of sp³-hybridized carbons (Fsp3) is 0.259. The van der Waals surface area contributed by atoms with Crippen molar-refractivity contribution in [2.45, 2.75) is 42.7 Å². The summed E-state index contributed by atoms with van der Waals surface area (Å²) in [5.74, 6) is -1.06. The summed E-state index contributed by atoms with van der Waals surface area (Å²) in [4.78, 5) is 17.0. The third-order valence-corrected chi connectivity index (χ3v) is 8.38. The molecule has 204 valence electrons. The molecule has 4 aromatic rings. The summed E-state index contributed by atoms with van der Waals surface area (Å²) in [5, 5.41) is 10.3. The normalized spacial score (nSPS) is 18.6. The zero-order chi connectivity index (χ0) is 27.9. The Morgan fingerprint density at radius 1 is 1.10 bits per heavy atom. The van der Waals surface area contributed by atoms with E-state index >= 15 is 0 Å². The lowest BCUT2D eigenvalue weighted by molar-refractivity contribution is -0.137. The smallest absolute Gasteiger partial charge is 0.417 e. The van der Waals surface area contributed by atoms with Crippen molar-refractivity contribution >= 4 is 26.8 Å². The van der Waals surface area contributed by atoms with Gasteiger partial charge in [-0.25, -0.2) is 12.8 Å². The van der Waals surface area contributed by atoms with Crippen molar-refractivity contribution in [3.63, 3.8) is 0 Å². The van der Waals surface area contributed by atoms with Gasteiger partial charge >= 0.3 is 6.18 Å². The van der Waals surface area contributed by atoms with Gasteiger partial charge in [-0.1, -0.05) is 18.2 Å². The lowest BCUT2D eigenvalue weighted by atomic mass is 9.99. The van der Waals surface area contributed by atoms with Crippen LogP contribution in [-0.4, -0.2) is 47.3 Å². The number of benzene rings is 2. The van der Waals surface area contributed by atoms with E-state index in [2.05, 4.69) is 4.98 Å². The zero-order valence-electron chi connectivity index (χ0n) is 20.2. The molecule has 0 spiro atoms. The molecule has 5 rings (SSSR count). The molecule has 1 fully saturated rings. The predicted molar refractivity (Wildman–Crippen MR) is 132 cm³/mol. The summed E-state index contributed by atoms with van der Waals surface area (Å²) in [7, 11) is -4.31. The standard InChI is InChI=1S/C27H22F4N2O5S/c28-20-6-9-24-18(13-20)14-25(38-24)39(36,37)33-11-10-23(35)26(33)22(34)8-4-16-2-1-3-17(12-16)21-7-5-19(15-32-21)27(29,30)31/h1-3,5-7,9,12-15,23,26,35H,4,8,10-11H2/t23-,26+/m0/s1. The van der Waals surface area contributed by atoms with Gasteiger partial charge in [-0.15, -0.1) is 0 Å². The molecule has 1 N–H and O–H groups in total. The van der Waals surface area contributed by atoms with Crippen LogP contribution in [0.2, 0.25) is 0 Å². The molecule has 3 heterocycles. The highest BCUT2D eigenvalue weighted by Crippen LogP contribution is 2.32. The second-order valence-corrected chi connectivity index (χ2v) is 11.1. The number of aliphatic hydroxyl groups excluding tert-OH is 1. The topological polar surface area (TPSA) is 101 Å². The molecule has 39 heavy (non-hydrogen) atoms. The number of Topliss-reactive ketones (excluding diaryl/α,β-unsaturated/α-hetero) is 1. The molecule has 0 bridgehead atoms. The van der Waals surface area contributed by atoms with Gasteiger partial charge in [0, 0.05) is 36.2 Å². The molecule has 1 aliphatic rings. The van der Waals surface area contributed by atoms with Crippen molar-refractivity contribution in [1.29, 1.82) is 0 Å². The fourth-order valence-corrected chi connectivity index (χ4v) is 6.26. The van der Waals surface area contributed by atoms with Gasteiger partial charge in [0.2, 0.25) is 5.09 Å². The lowest BCUT2D eigenvalue weighted by Crippen LogP contribution is -2.45. The number of sulfonamides is 1. The van der Waals surface area contributed by atoms with E-state index in [1.807, 2.05) is 0 Å². The van der Waals surface area contributed by atoms with Gasteiger partial charge in [-0.05, 0) is 54.8 Å². The van der Waals surface area contributed by atoms with Crippen LogP contribution in [0.4, 0.5) is 17.6 Å². The van der Waals surface area contributed by atoms with Gasteiger partial charge in [0.1, 0.15) is 17.4 Å². The first-order valence-electron chi connectivity index (χ1n) is 12.0. The molecule has 12 heteroatoms. The van der Waals surface area contributed by atoms with Crippen LogP contribution in [0.3, 0.4) is 0 Å². The van der Waals surface area contributed by atoms with Crippen LogP contribution in [0.5, 0.6) is 0 Å². The Bertz CT molecular complexity index is 1630. The lowest BCUT2D eigenvalue weighted by Gasteiger charge is -2.23. The number of rotatable bonds is 7. The van der Waals surface area contributed by atoms with E-state index in [4.69, 9.17) is 4.42 Å². The van der Waals surface area contributed by atoms with E-state index in [9.17, 15) is 35.9 Å². The molecular formula is C27H22F4N2O5S. The molecule has 0 radical (unpaired) electrons. The summed E-state index contributed by atoms with van der Waals surface area (Å²) in [6.45, 7) is -0.0968. The number of carbonyl (C=O) groups excluding carboxylic acids is 1. The Labute approximate surface area is 220 Å². The molecule has 2 aromatic heterocycles. The molecular weight excluding hydrogens is 540 g/mol. The van der Waals surface area contributed by atoms with Gasteiger partial charge in [-0.3, -0.25) is 9.78 Å². The van der Waals surface area contributed by atoms with Crippen LogP contribution in [0.15, 0.2) is 76.4 Å². The van der Waals surface area contributed by atoms with E-state index in [0.29, 0.717) is 16.8 Å². The second-order valence-electron chi connectivity index (χ2n) is 9.26. The minimum absolute atomic E-state index is 0.0551. The SMILES string of the molecule is O=C(CCc1cccc(-c2ccc(C(F)(F)F)cn2)c1)[C@@H]1[C@@H](O)CCN1S(=O)(=O)c1cc2cc(F)ccc2o1. The molecule has 7 nitrogen and oxygen atoms in total. The maximum atomic E-state index is 13.5. The maximum Gasteiger partial charge on any atom is 0.417 e. The number of aromatic nitrogens is 1. The number of hydrogen-bond acceptors (Lipinski definition) is 6. The van der Waals surface area contributed by atoms with Crippen molar-refractivity contribution in [2.75, 3.05) is 6.54 Å². The highest BCUT2D eigenvalue weighted by atomic mass is 32.2. The number of aliphatic hydroxyl groups is 1. The van der Waals surface area contributed by atoms with Gasteiger partial charge in [0.05, 0.1) is 17.4 Å². The highest BCUT2D eigenvalue weighted by molar-refractivity contribution is 7.89. The Kier molecular flexibility index (Phi) is 7.04. The number of hydrogen-bond donors (Lipinski definition) is 1. The number of nitrogens with zero attached hydrogens (tertiary/aromatic N) is 2. The van der Waals surface area contributed by atoms with Crippen molar-refractivity contribution in [3.8, 4) is 11.3 Å². The third kappa shape index (κ3) is 5.45. The Hall–Kier alpha value is -3.61. The molecule has 0 aliphatic carbocycles.